The Hall–Kier alpha value is -0.820. The fraction of sp³-hybridized carbons (Fsp3) is 0.625. The first-order valence-electron chi connectivity index (χ1n) is 7.03. The van der Waals surface area contributed by atoms with Gasteiger partial charge in [0.2, 0.25) is 0 Å². The normalized spacial score (nSPS) is 25.1. The second kappa shape index (κ2) is 6.20. The van der Waals surface area contributed by atoms with E-state index in [1.807, 2.05) is 0 Å². The molecule has 0 heterocycles. The molecule has 1 N–H and O–H groups in total. The van der Waals surface area contributed by atoms with Crippen LogP contribution in [0, 0.1) is 11.8 Å². The van der Waals surface area contributed by atoms with Crippen molar-refractivity contribution in [3.63, 3.8) is 0 Å². The van der Waals surface area contributed by atoms with Crippen molar-refractivity contribution in [2.45, 2.75) is 52.1 Å². The lowest BCUT2D eigenvalue weighted by Gasteiger charge is -2.31. The fourth-order valence-corrected chi connectivity index (χ4v) is 2.85. The lowest BCUT2D eigenvalue weighted by Crippen LogP contribution is -2.33. The molecule has 0 spiro atoms. The predicted molar refractivity (Wildman–Crippen MR) is 73.9 cm³/mol. The van der Waals surface area contributed by atoms with Gasteiger partial charge in [-0.3, -0.25) is 0 Å². The lowest BCUT2D eigenvalue weighted by atomic mass is 9.80. The molecular weight excluding hydrogens is 206 g/mol. The van der Waals surface area contributed by atoms with Gasteiger partial charge in [0.25, 0.3) is 0 Å². The van der Waals surface area contributed by atoms with Gasteiger partial charge in [0, 0.05) is 12.6 Å². The van der Waals surface area contributed by atoms with Crippen molar-refractivity contribution in [1.29, 1.82) is 0 Å². The van der Waals surface area contributed by atoms with Crippen molar-refractivity contribution >= 4 is 0 Å². The third-order valence-electron chi connectivity index (χ3n) is 4.15. The van der Waals surface area contributed by atoms with Crippen molar-refractivity contribution in [3.05, 3.63) is 35.9 Å². The molecule has 2 rings (SSSR count). The largest absolute Gasteiger partial charge is 0.310 e. The van der Waals surface area contributed by atoms with E-state index in [0.717, 1.165) is 24.4 Å². The van der Waals surface area contributed by atoms with Crippen LogP contribution in [0.1, 0.15) is 45.1 Å². The summed E-state index contributed by atoms with van der Waals surface area (Å²) in [6, 6.07) is 11.5. The van der Waals surface area contributed by atoms with Crippen molar-refractivity contribution in [2.24, 2.45) is 11.8 Å². The molecule has 1 aliphatic rings. The third-order valence-corrected chi connectivity index (χ3v) is 4.15. The van der Waals surface area contributed by atoms with Crippen molar-refractivity contribution in [3.8, 4) is 0 Å². The van der Waals surface area contributed by atoms with Gasteiger partial charge >= 0.3 is 0 Å². The lowest BCUT2D eigenvalue weighted by molar-refractivity contribution is 0.238. The number of nitrogens with one attached hydrogen (secondary N) is 1. The van der Waals surface area contributed by atoms with Crippen molar-refractivity contribution in [2.75, 3.05) is 0 Å². The Morgan fingerprint density at radius 1 is 1.06 bits per heavy atom. The van der Waals surface area contributed by atoms with Gasteiger partial charge in [-0.2, -0.15) is 0 Å². The standard InChI is InChI=1S/C16H25N/c1-13(2)15-8-10-16(11-9-15)17-12-14-6-4-3-5-7-14/h3-7,13,15-17H,8-12H2,1-2H3. The summed E-state index contributed by atoms with van der Waals surface area (Å²) in [5.41, 5.74) is 1.40. The fourth-order valence-electron chi connectivity index (χ4n) is 2.85. The van der Waals surface area contributed by atoms with Crippen LogP contribution in [0.4, 0.5) is 0 Å². The Morgan fingerprint density at radius 3 is 2.29 bits per heavy atom. The molecule has 0 bridgehead atoms. The van der Waals surface area contributed by atoms with Crippen LogP contribution in [0.5, 0.6) is 0 Å². The summed E-state index contributed by atoms with van der Waals surface area (Å²) in [4.78, 5) is 0. The van der Waals surface area contributed by atoms with Gasteiger partial charge in [-0.15, -0.1) is 0 Å². The molecule has 1 fully saturated rings. The minimum absolute atomic E-state index is 0.741. The summed E-state index contributed by atoms with van der Waals surface area (Å²) in [7, 11) is 0. The maximum Gasteiger partial charge on any atom is 0.0208 e. The number of hydrogen-bond acceptors (Lipinski definition) is 1. The molecule has 17 heavy (non-hydrogen) atoms. The van der Waals surface area contributed by atoms with Crippen LogP contribution in [0.25, 0.3) is 0 Å². The molecule has 0 amide bonds. The minimum atomic E-state index is 0.741. The van der Waals surface area contributed by atoms with E-state index in [1.54, 1.807) is 0 Å². The minimum Gasteiger partial charge on any atom is -0.310 e. The highest BCUT2D eigenvalue weighted by atomic mass is 14.9. The molecule has 0 aromatic heterocycles. The van der Waals surface area contributed by atoms with E-state index in [4.69, 9.17) is 0 Å². The first-order valence-corrected chi connectivity index (χ1v) is 7.03. The first-order chi connectivity index (χ1) is 8.25. The maximum absolute atomic E-state index is 3.70. The van der Waals surface area contributed by atoms with Crippen LogP contribution < -0.4 is 5.32 Å². The molecule has 0 saturated heterocycles. The molecule has 1 aromatic rings. The molecule has 1 aromatic carbocycles. The SMILES string of the molecule is CC(C)C1CCC(NCc2ccccc2)CC1. The monoisotopic (exact) mass is 231 g/mol. The van der Waals surface area contributed by atoms with Crippen LogP contribution in [0.2, 0.25) is 0 Å². The molecule has 1 aliphatic carbocycles. The molecule has 1 nitrogen and oxygen atoms in total. The van der Waals surface area contributed by atoms with E-state index < -0.39 is 0 Å². The Kier molecular flexibility index (Phi) is 4.61. The molecule has 0 aliphatic heterocycles. The molecule has 1 saturated carbocycles. The Bertz CT molecular complexity index is 310. The molecule has 0 atom stereocenters. The van der Waals surface area contributed by atoms with Gasteiger partial charge in [0.15, 0.2) is 0 Å². The van der Waals surface area contributed by atoms with E-state index in [9.17, 15) is 0 Å². The second-order valence-electron chi connectivity index (χ2n) is 5.72. The van der Waals surface area contributed by atoms with Crippen LogP contribution >= 0.6 is 0 Å². The van der Waals surface area contributed by atoms with Gasteiger partial charge in [0.05, 0.1) is 0 Å². The van der Waals surface area contributed by atoms with Gasteiger partial charge in [0.1, 0.15) is 0 Å². The summed E-state index contributed by atoms with van der Waals surface area (Å²) < 4.78 is 0. The predicted octanol–water partition coefficient (Wildman–Crippen LogP) is 3.99. The Balaban J connectivity index is 1.72. The van der Waals surface area contributed by atoms with Crippen LogP contribution in [0.15, 0.2) is 30.3 Å². The van der Waals surface area contributed by atoms with Crippen molar-refractivity contribution in [1.82, 2.24) is 5.32 Å². The van der Waals surface area contributed by atoms with Gasteiger partial charge in [-0.1, -0.05) is 44.2 Å². The van der Waals surface area contributed by atoms with Crippen LogP contribution in [-0.4, -0.2) is 6.04 Å². The van der Waals surface area contributed by atoms with E-state index in [2.05, 4.69) is 49.5 Å². The van der Waals surface area contributed by atoms with E-state index in [-0.39, 0.29) is 0 Å². The number of hydrogen-bond donors (Lipinski definition) is 1. The van der Waals surface area contributed by atoms with E-state index in [1.165, 1.54) is 31.2 Å². The smallest absolute Gasteiger partial charge is 0.0208 e. The Labute approximate surface area is 106 Å². The number of benzene rings is 1. The maximum atomic E-state index is 3.70. The molecule has 94 valence electrons. The number of rotatable bonds is 4. The summed E-state index contributed by atoms with van der Waals surface area (Å²) in [5.74, 6) is 1.83. The summed E-state index contributed by atoms with van der Waals surface area (Å²) in [5, 5.41) is 3.70. The van der Waals surface area contributed by atoms with Crippen molar-refractivity contribution < 1.29 is 0 Å². The summed E-state index contributed by atoms with van der Waals surface area (Å²) in [6.45, 7) is 5.75. The second-order valence-corrected chi connectivity index (χ2v) is 5.72. The zero-order valence-corrected chi connectivity index (χ0v) is 11.2. The highest BCUT2D eigenvalue weighted by molar-refractivity contribution is 5.14. The van der Waals surface area contributed by atoms with Gasteiger partial charge in [-0.05, 0) is 43.1 Å². The average Bonchev–Trinajstić information content (AvgIpc) is 2.38. The van der Waals surface area contributed by atoms with Crippen LogP contribution in [-0.2, 0) is 6.54 Å². The third kappa shape index (κ3) is 3.85. The van der Waals surface area contributed by atoms with Crippen LogP contribution in [0.3, 0.4) is 0 Å². The first kappa shape index (κ1) is 12.6. The molecule has 0 radical (unpaired) electrons. The molecular formula is C16H25N. The Morgan fingerprint density at radius 2 is 1.71 bits per heavy atom. The highest BCUT2D eigenvalue weighted by Gasteiger charge is 2.22. The molecule has 0 unspecified atom stereocenters. The topological polar surface area (TPSA) is 12.0 Å². The molecule has 1 heteroatoms. The van der Waals surface area contributed by atoms with Gasteiger partial charge < -0.3 is 5.32 Å². The zero-order valence-electron chi connectivity index (χ0n) is 11.2. The quantitative estimate of drug-likeness (QED) is 0.826. The van der Waals surface area contributed by atoms with E-state index >= 15 is 0 Å². The summed E-state index contributed by atoms with van der Waals surface area (Å²) in [6.07, 6.45) is 5.53. The van der Waals surface area contributed by atoms with Gasteiger partial charge in [-0.25, -0.2) is 0 Å². The summed E-state index contributed by atoms with van der Waals surface area (Å²) >= 11 is 0. The van der Waals surface area contributed by atoms with E-state index in [0.29, 0.717) is 0 Å². The average molecular weight is 231 g/mol. The highest BCUT2D eigenvalue weighted by Crippen LogP contribution is 2.29. The zero-order chi connectivity index (χ0) is 12.1.